The average Bonchev–Trinajstić information content (AvgIpc) is 2.77. The van der Waals surface area contributed by atoms with Crippen LogP contribution in [0.25, 0.3) is 5.65 Å². The molecule has 3 heteroatoms. The van der Waals surface area contributed by atoms with Crippen LogP contribution < -0.4 is 5.73 Å². The van der Waals surface area contributed by atoms with E-state index in [1.54, 1.807) is 0 Å². The number of rotatable bonds is 2. The molecule has 1 aromatic carbocycles. The van der Waals surface area contributed by atoms with Crippen LogP contribution in [0.15, 0.2) is 42.6 Å². The lowest BCUT2D eigenvalue weighted by molar-refractivity contribution is 1.08. The Balaban J connectivity index is 2.00. The quantitative estimate of drug-likeness (QED) is 0.760. The number of aromatic nitrogens is 2. The maximum Gasteiger partial charge on any atom is 0.137 e. The summed E-state index contributed by atoms with van der Waals surface area (Å²) in [5, 5.41) is 0. The van der Waals surface area contributed by atoms with Gasteiger partial charge in [-0.1, -0.05) is 29.8 Å². The van der Waals surface area contributed by atoms with Gasteiger partial charge < -0.3 is 10.1 Å². The summed E-state index contributed by atoms with van der Waals surface area (Å²) in [6, 6.07) is 12.4. The van der Waals surface area contributed by atoms with E-state index in [1.807, 2.05) is 19.1 Å². The molecule has 0 amide bonds. The Bertz CT molecular complexity index is 741. The number of aryl methyl sites for hydroxylation is 2. The van der Waals surface area contributed by atoms with E-state index >= 15 is 0 Å². The van der Waals surface area contributed by atoms with Gasteiger partial charge in [0.2, 0.25) is 0 Å². The average molecular weight is 251 g/mol. The number of anilines is 1. The van der Waals surface area contributed by atoms with E-state index < -0.39 is 0 Å². The summed E-state index contributed by atoms with van der Waals surface area (Å²) in [4.78, 5) is 4.65. The zero-order chi connectivity index (χ0) is 13.4. The number of hydrogen-bond acceptors (Lipinski definition) is 2. The van der Waals surface area contributed by atoms with Crippen molar-refractivity contribution in [2.45, 2.75) is 20.3 Å². The number of hydrogen-bond donors (Lipinski definition) is 1. The van der Waals surface area contributed by atoms with Gasteiger partial charge in [-0.05, 0) is 31.5 Å². The third-order valence-electron chi connectivity index (χ3n) is 3.44. The van der Waals surface area contributed by atoms with Crippen LogP contribution >= 0.6 is 0 Å². The molecular weight excluding hydrogens is 234 g/mol. The van der Waals surface area contributed by atoms with E-state index in [2.05, 4.69) is 46.8 Å². The van der Waals surface area contributed by atoms with Crippen LogP contribution in [-0.4, -0.2) is 9.38 Å². The minimum Gasteiger partial charge on any atom is -0.397 e. The number of nitrogens with two attached hydrogens (primary N) is 1. The lowest BCUT2D eigenvalue weighted by atomic mass is 10.1. The molecule has 0 atom stereocenters. The highest BCUT2D eigenvalue weighted by Gasteiger charge is 2.06. The molecule has 0 bridgehead atoms. The fraction of sp³-hybridized carbons (Fsp3) is 0.188. The lowest BCUT2D eigenvalue weighted by Crippen LogP contribution is -1.96. The van der Waals surface area contributed by atoms with Gasteiger partial charge in [-0.25, -0.2) is 4.98 Å². The number of pyridine rings is 1. The van der Waals surface area contributed by atoms with E-state index in [4.69, 9.17) is 5.73 Å². The van der Waals surface area contributed by atoms with Gasteiger partial charge in [0, 0.05) is 18.3 Å². The van der Waals surface area contributed by atoms with Gasteiger partial charge in [-0.3, -0.25) is 0 Å². The first-order valence-electron chi connectivity index (χ1n) is 6.42. The number of fused-ring (bicyclic) bond motifs is 1. The van der Waals surface area contributed by atoms with Crippen molar-refractivity contribution in [2.75, 3.05) is 5.73 Å². The van der Waals surface area contributed by atoms with Crippen molar-refractivity contribution >= 4 is 11.3 Å². The Morgan fingerprint density at radius 1 is 1.16 bits per heavy atom. The second-order valence-corrected chi connectivity index (χ2v) is 5.00. The van der Waals surface area contributed by atoms with Gasteiger partial charge in [0.25, 0.3) is 0 Å². The van der Waals surface area contributed by atoms with Gasteiger partial charge in [0.05, 0.1) is 11.4 Å². The maximum atomic E-state index is 5.92. The molecule has 0 spiro atoms. The molecular formula is C16H17N3. The fourth-order valence-electron chi connectivity index (χ4n) is 2.37. The minimum atomic E-state index is 0.798. The molecule has 0 aliphatic heterocycles. The molecule has 3 aromatic rings. The third-order valence-corrected chi connectivity index (χ3v) is 3.44. The molecule has 0 unspecified atom stereocenters. The van der Waals surface area contributed by atoms with Crippen LogP contribution in [0.1, 0.15) is 22.5 Å². The summed E-state index contributed by atoms with van der Waals surface area (Å²) in [6.45, 7) is 4.12. The summed E-state index contributed by atoms with van der Waals surface area (Å²) < 4.78 is 2.06. The molecule has 3 rings (SSSR count). The monoisotopic (exact) mass is 251 g/mol. The topological polar surface area (TPSA) is 43.3 Å². The summed E-state index contributed by atoms with van der Waals surface area (Å²) in [7, 11) is 0. The fourth-order valence-corrected chi connectivity index (χ4v) is 2.37. The van der Waals surface area contributed by atoms with Crippen LogP contribution in [0.2, 0.25) is 0 Å². The molecule has 2 N–H and O–H groups in total. The Hall–Kier alpha value is -2.29. The van der Waals surface area contributed by atoms with Gasteiger partial charge in [-0.15, -0.1) is 0 Å². The van der Waals surface area contributed by atoms with E-state index in [0.29, 0.717) is 0 Å². The number of nitrogen functional groups attached to an aromatic ring is 1. The first-order chi connectivity index (χ1) is 9.13. The summed E-state index contributed by atoms with van der Waals surface area (Å²) in [5.74, 6) is 0. The van der Waals surface area contributed by atoms with Gasteiger partial charge >= 0.3 is 0 Å². The Morgan fingerprint density at radius 3 is 2.79 bits per heavy atom. The molecule has 19 heavy (non-hydrogen) atoms. The molecule has 0 aliphatic rings. The van der Waals surface area contributed by atoms with Crippen molar-refractivity contribution in [1.29, 1.82) is 0 Å². The molecule has 0 saturated carbocycles. The van der Waals surface area contributed by atoms with Gasteiger partial charge in [0.1, 0.15) is 5.65 Å². The first kappa shape index (κ1) is 11.8. The van der Waals surface area contributed by atoms with Crippen LogP contribution in [0.5, 0.6) is 0 Å². The number of nitrogens with zero attached hydrogens (tertiary/aromatic N) is 2. The van der Waals surface area contributed by atoms with Crippen LogP contribution in [0, 0.1) is 13.8 Å². The molecule has 2 heterocycles. The first-order valence-corrected chi connectivity index (χ1v) is 6.42. The summed E-state index contributed by atoms with van der Waals surface area (Å²) >= 11 is 0. The maximum absolute atomic E-state index is 5.92. The highest BCUT2D eigenvalue weighted by molar-refractivity contribution is 5.53. The van der Waals surface area contributed by atoms with Gasteiger partial charge in [0.15, 0.2) is 0 Å². The van der Waals surface area contributed by atoms with Crippen molar-refractivity contribution in [3.8, 4) is 0 Å². The zero-order valence-corrected chi connectivity index (χ0v) is 11.2. The predicted molar refractivity (Wildman–Crippen MR) is 78.3 cm³/mol. The largest absolute Gasteiger partial charge is 0.397 e. The highest BCUT2D eigenvalue weighted by atomic mass is 15.0. The Labute approximate surface area is 112 Å². The van der Waals surface area contributed by atoms with Crippen LogP contribution in [0.3, 0.4) is 0 Å². The smallest absolute Gasteiger partial charge is 0.137 e. The van der Waals surface area contributed by atoms with Gasteiger partial charge in [-0.2, -0.15) is 0 Å². The van der Waals surface area contributed by atoms with E-state index in [0.717, 1.165) is 29.1 Å². The zero-order valence-electron chi connectivity index (χ0n) is 11.2. The minimum absolute atomic E-state index is 0.798. The summed E-state index contributed by atoms with van der Waals surface area (Å²) in [5.41, 5.74) is 12.3. The third kappa shape index (κ3) is 2.19. The standard InChI is InChI=1S/C16H17N3/c1-11-4-3-5-13(8-11)9-14-10-19-12(2)15(17)6-7-16(19)18-14/h3-8,10H,9,17H2,1-2H3. The van der Waals surface area contributed by atoms with Crippen molar-refractivity contribution in [3.63, 3.8) is 0 Å². The Morgan fingerprint density at radius 2 is 2.00 bits per heavy atom. The second-order valence-electron chi connectivity index (χ2n) is 5.00. The molecule has 0 aliphatic carbocycles. The van der Waals surface area contributed by atoms with E-state index in [1.165, 1.54) is 11.1 Å². The second kappa shape index (κ2) is 4.43. The van der Waals surface area contributed by atoms with Crippen molar-refractivity contribution in [1.82, 2.24) is 9.38 Å². The molecule has 0 saturated heterocycles. The highest BCUT2D eigenvalue weighted by Crippen LogP contribution is 2.17. The molecule has 0 radical (unpaired) electrons. The van der Waals surface area contributed by atoms with Crippen LogP contribution in [0.4, 0.5) is 5.69 Å². The molecule has 3 nitrogen and oxygen atoms in total. The number of benzene rings is 1. The molecule has 96 valence electrons. The van der Waals surface area contributed by atoms with Crippen molar-refractivity contribution < 1.29 is 0 Å². The van der Waals surface area contributed by atoms with Crippen molar-refractivity contribution in [3.05, 3.63) is 65.1 Å². The van der Waals surface area contributed by atoms with Crippen molar-refractivity contribution in [2.24, 2.45) is 0 Å². The van der Waals surface area contributed by atoms with E-state index in [9.17, 15) is 0 Å². The lowest BCUT2D eigenvalue weighted by Gasteiger charge is -2.02. The molecule has 0 fully saturated rings. The summed E-state index contributed by atoms with van der Waals surface area (Å²) in [6.07, 6.45) is 2.92. The SMILES string of the molecule is Cc1cccc(Cc2cn3c(C)c(N)ccc3n2)c1. The normalized spacial score (nSPS) is 11.1. The predicted octanol–water partition coefficient (Wildman–Crippen LogP) is 3.12. The number of imidazole rings is 1. The Kier molecular flexibility index (Phi) is 2.75. The van der Waals surface area contributed by atoms with E-state index in [-0.39, 0.29) is 0 Å². The van der Waals surface area contributed by atoms with Crippen LogP contribution in [-0.2, 0) is 6.42 Å². The molecule has 2 aromatic heterocycles.